The Morgan fingerprint density at radius 2 is 1.88 bits per heavy atom. The lowest BCUT2D eigenvalue weighted by atomic mass is 9.88. The Hall–Kier alpha value is -0.570. The molecule has 0 aromatic heterocycles. The molecule has 3 heteroatoms. The van der Waals surface area contributed by atoms with Crippen LogP contribution in [0.1, 0.15) is 44.9 Å². The van der Waals surface area contributed by atoms with Crippen LogP contribution in [0, 0.1) is 5.92 Å². The molecule has 92 valence electrons. The van der Waals surface area contributed by atoms with Crippen molar-refractivity contribution in [3.63, 3.8) is 0 Å². The summed E-state index contributed by atoms with van der Waals surface area (Å²) in [5.74, 6) is 1.53. The van der Waals surface area contributed by atoms with Crippen molar-refractivity contribution < 1.29 is 0 Å². The third-order valence-corrected chi connectivity index (χ3v) is 3.95. The van der Waals surface area contributed by atoms with Crippen LogP contribution in [0.15, 0.2) is 4.99 Å². The first kappa shape index (κ1) is 11.9. The number of nitrogens with zero attached hydrogens (tertiary/aromatic N) is 2. The van der Waals surface area contributed by atoms with E-state index in [1.165, 1.54) is 51.5 Å². The van der Waals surface area contributed by atoms with Crippen molar-refractivity contribution in [3.05, 3.63) is 0 Å². The first-order valence-electron chi connectivity index (χ1n) is 6.77. The second kappa shape index (κ2) is 5.67. The van der Waals surface area contributed by atoms with E-state index in [4.69, 9.17) is 10.7 Å². The van der Waals surface area contributed by atoms with Crippen molar-refractivity contribution in [1.82, 2.24) is 4.90 Å². The maximum absolute atomic E-state index is 6.16. The van der Waals surface area contributed by atoms with E-state index in [2.05, 4.69) is 11.9 Å². The number of aliphatic imine (C=N–C) groups is 1. The van der Waals surface area contributed by atoms with Crippen LogP contribution in [-0.4, -0.2) is 36.9 Å². The molecule has 1 aliphatic carbocycles. The Balaban J connectivity index is 1.88. The molecule has 2 fully saturated rings. The fourth-order valence-corrected chi connectivity index (χ4v) is 2.96. The fraction of sp³-hybridized carbons (Fsp3) is 0.923. The highest BCUT2D eigenvalue weighted by molar-refractivity contribution is 5.83. The van der Waals surface area contributed by atoms with Gasteiger partial charge in [-0.25, -0.2) is 0 Å². The van der Waals surface area contributed by atoms with Gasteiger partial charge < -0.3 is 10.6 Å². The summed E-state index contributed by atoms with van der Waals surface area (Å²) >= 11 is 0. The van der Waals surface area contributed by atoms with E-state index in [0.29, 0.717) is 12.0 Å². The van der Waals surface area contributed by atoms with Gasteiger partial charge in [0.15, 0.2) is 0 Å². The second-order valence-electron chi connectivity index (χ2n) is 5.45. The van der Waals surface area contributed by atoms with Crippen LogP contribution in [0.4, 0.5) is 0 Å². The normalized spacial score (nSPS) is 30.6. The van der Waals surface area contributed by atoms with Crippen LogP contribution in [0.3, 0.4) is 0 Å². The van der Waals surface area contributed by atoms with Crippen LogP contribution >= 0.6 is 0 Å². The molecular weight excluding hydrogens is 198 g/mol. The van der Waals surface area contributed by atoms with Gasteiger partial charge >= 0.3 is 0 Å². The highest BCUT2D eigenvalue weighted by Crippen LogP contribution is 2.24. The van der Waals surface area contributed by atoms with Crippen molar-refractivity contribution in [2.75, 3.05) is 20.1 Å². The Labute approximate surface area is 99.1 Å². The number of hydrogen-bond donors (Lipinski definition) is 1. The highest BCUT2D eigenvalue weighted by Gasteiger charge is 2.20. The van der Waals surface area contributed by atoms with Crippen LogP contribution < -0.4 is 5.73 Å². The van der Waals surface area contributed by atoms with E-state index in [0.717, 1.165) is 12.4 Å². The molecule has 0 radical (unpaired) electrons. The number of likely N-dealkylation sites (N-methyl/N-ethyl adjacent to an activating group) is 1. The Morgan fingerprint density at radius 1 is 1.12 bits per heavy atom. The molecule has 0 bridgehead atoms. The number of hydrogen-bond acceptors (Lipinski definition) is 2. The summed E-state index contributed by atoms with van der Waals surface area (Å²) in [6, 6.07) is 0.459. The third-order valence-electron chi connectivity index (χ3n) is 3.95. The number of nitrogens with two attached hydrogens (primary N) is 1. The third kappa shape index (κ3) is 3.21. The van der Waals surface area contributed by atoms with E-state index >= 15 is 0 Å². The summed E-state index contributed by atoms with van der Waals surface area (Å²) in [4.78, 5) is 7.13. The van der Waals surface area contributed by atoms with Gasteiger partial charge in [-0.1, -0.05) is 19.3 Å². The predicted molar refractivity (Wildman–Crippen MR) is 68.7 cm³/mol. The molecule has 0 aromatic rings. The minimum Gasteiger partial charge on any atom is -0.387 e. The van der Waals surface area contributed by atoms with E-state index in [1.807, 2.05) is 0 Å². The topological polar surface area (TPSA) is 41.6 Å². The molecule has 1 aliphatic heterocycles. The van der Waals surface area contributed by atoms with Crippen molar-refractivity contribution in [3.8, 4) is 0 Å². The molecular formula is C13H25N3. The van der Waals surface area contributed by atoms with Gasteiger partial charge in [0.2, 0.25) is 0 Å². The molecule has 1 heterocycles. The van der Waals surface area contributed by atoms with Crippen LogP contribution in [0.5, 0.6) is 0 Å². The number of rotatable bonds is 2. The van der Waals surface area contributed by atoms with Gasteiger partial charge in [0.1, 0.15) is 0 Å². The standard InChI is InChI=1S/C13H25N3/c1-16-9-5-8-12(10-16)15-13(14)11-6-3-2-4-7-11/h11-12H,2-10H2,1H3,(H2,14,15). The van der Waals surface area contributed by atoms with Crippen molar-refractivity contribution >= 4 is 5.84 Å². The second-order valence-corrected chi connectivity index (χ2v) is 5.45. The van der Waals surface area contributed by atoms with Gasteiger partial charge in [0.25, 0.3) is 0 Å². The zero-order valence-corrected chi connectivity index (χ0v) is 10.5. The van der Waals surface area contributed by atoms with E-state index in [-0.39, 0.29) is 0 Å². The van der Waals surface area contributed by atoms with Gasteiger partial charge in [0, 0.05) is 12.5 Å². The summed E-state index contributed by atoms with van der Waals surface area (Å²) < 4.78 is 0. The van der Waals surface area contributed by atoms with E-state index in [9.17, 15) is 0 Å². The lowest BCUT2D eigenvalue weighted by molar-refractivity contribution is 0.252. The quantitative estimate of drug-likeness (QED) is 0.575. The fourth-order valence-electron chi connectivity index (χ4n) is 2.96. The summed E-state index contributed by atoms with van der Waals surface area (Å²) in [7, 11) is 2.18. The molecule has 1 saturated heterocycles. The molecule has 0 amide bonds. The number of piperidine rings is 1. The minimum absolute atomic E-state index is 0.459. The summed E-state index contributed by atoms with van der Waals surface area (Å²) in [6.07, 6.45) is 9.07. The van der Waals surface area contributed by atoms with Gasteiger partial charge in [0.05, 0.1) is 11.9 Å². The van der Waals surface area contributed by atoms with Crippen LogP contribution in [0.2, 0.25) is 0 Å². The summed E-state index contributed by atoms with van der Waals surface area (Å²) in [6.45, 7) is 2.31. The van der Waals surface area contributed by atoms with Crippen molar-refractivity contribution in [2.45, 2.75) is 51.0 Å². The Kier molecular flexibility index (Phi) is 4.22. The predicted octanol–water partition coefficient (Wildman–Crippen LogP) is 2.02. The zero-order chi connectivity index (χ0) is 11.4. The molecule has 1 atom stereocenters. The average Bonchev–Trinajstić information content (AvgIpc) is 2.30. The van der Waals surface area contributed by atoms with Crippen molar-refractivity contribution in [1.29, 1.82) is 0 Å². The largest absolute Gasteiger partial charge is 0.387 e. The SMILES string of the molecule is CN1CCCC(N=C(N)C2CCCCC2)C1. The molecule has 2 rings (SSSR count). The first-order valence-corrected chi connectivity index (χ1v) is 6.77. The monoisotopic (exact) mass is 223 g/mol. The van der Waals surface area contributed by atoms with E-state index < -0.39 is 0 Å². The maximum atomic E-state index is 6.16. The highest BCUT2D eigenvalue weighted by atomic mass is 15.1. The molecule has 2 aliphatic rings. The average molecular weight is 223 g/mol. The molecule has 3 nitrogen and oxygen atoms in total. The number of likely N-dealkylation sites (tertiary alicyclic amines) is 1. The molecule has 2 N–H and O–H groups in total. The molecule has 0 aromatic carbocycles. The van der Waals surface area contributed by atoms with Gasteiger partial charge in [-0.05, 0) is 39.3 Å². The van der Waals surface area contributed by atoms with E-state index in [1.54, 1.807) is 0 Å². The molecule has 0 spiro atoms. The Bertz CT molecular complexity index is 244. The van der Waals surface area contributed by atoms with Gasteiger partial charge in [-0.2, -0.15) is 0 Å². The minimum atomic E-state index is 0.459. The van der Waals surface area contributed by atoms with Crippen LogP contribution in [0.25, 0.3) is 0 Å². The Morgan fingerprint density at radius 3 is 2.56 bits per heavy atom. The number of amidine groups is 1. The molecule has 1 unspecified atom stereocenters. The zero-order valence-electron chi connectivity index (χ0n) is 10.5. The van der Waals surface area contributed by atoms with Crippen LogP contribution in [-0.2, 0) is 0 Å². The lowest BCUT2D eigenvalue weighted by Gasteiger charge is -2.29. The smallest absolute Gasteiger partial charge is 0.0972 e. The van der Waals surface area contributed by atoms with Gasteiger partial charge in [-0.15, -0.1) is 0 Å². The maximum Gasteiger partial charge on any atom is 0.0972 e. The van der Waals surface area contributed by atoms with Crippen molar-refractivity contribution in [2.24, 2.45) is 16.6 Å². The lowest BCUT2D eigenvalue weighted by Crippen LogP contribution is -2.37. The molecule has 16 heavy (non-hydrogen) atoms. The summed E-state index contributed by atoms with van der Waals surface area (Å²) in [5, 5.41) is 0. The molecule has 1 saturated carbocycles. The summed E-state index contributed by atoms with van der Waals surface area (Å²) in [5.41, 5.74) is 6.16. The van der Waals surface area contributed by atoms with Gasteiger partial charge in [-0.3, -0.25) is 4.99 Å². The first-order chi connectivity index (χ1) is 7.75.